The number of carbonyl (C=O) groups excluding carboxylic acids is 2. The molecule has 7 heteroatoms. The predicted octanol–water partition coefficient (Wildman–Crippen LogP) is 6.19. The van der Waals surface area contributed by atoms with Crippen LogP contribution in [0.15, 0.2) is 72.3 Å². The number of aliphatic hydroxyl groups excluding tert-OH is 1. The van der Waals surface area contributed by atoms with E-state index < -0.39 is 17.7 Å². The van der Waals surface area contributed by atoms with Gasteiger partial charge in [0.2, 0.25) is 0 Å². The predicted molar refractivity (Wildman–Crippen MR) is 132 cm³/mol. The van der Waals surface area contributed by atoms with E-state index in [0.29, 0.717) is 26.8 Å². The van der Waals surface area contributed by atoms with Crippen LogP contribution in [0.1, 0.15) is 28.3 Å². The van der Waals surface area contributed by atoms with Gasteiger partial charge in [0.25, 0.3) is 5.78 Å². The molecule has 33 heavy (non-hydrogen) atoms. The highest BCUT2D eigenvalue weighted by atomic mass is 35.5. The highest BCUT2D eigenvalue weighted by Crippen LogP contribution is 2.44. The minimum Gasteiger partial charge on any atom is -0.507 e. The molecule has 4 aromatic rings. The number of fused-ring (bicyclic) bond motifs is 1. The molecule has 1 unspecified atom stereocenters. The molecule has 1 amide bonds. The van der Waals surface area contributed by atoms with Crippen molar-refractivity contribution in [3.8, 4) is 0 Å². The number of aliphatic hydroxyl groups is 1. The van der Waals surface area contributed by atoms with Crippen molar-refractivity contribution >= 4 is 55.7 Å². The highest BCUT2D eigenvalue weighted by molar-refractivity contribution is 7.22. The number of benzene rings is 3. The number of Topliss-reactive ketones (excluding diaryl/α,β-unsaturated/α-hetero) is 1. The van der Waals surface area contributed by atoms with Gasteiger partial charge in [0, 0.05) is 10.6 Å². The third-order valence-corrected chi connectivity index (χ3v) is 6.96. The number of aryl methyl sites for hydroxylation is 2. The van der Waals surface area contributed by atoms with Crippen molar-refractivity contribution in [3.05, 3.63) is 99.6 Å². The molecule has 1 aliphatic rings. The lowest BCUT2D eigenvalue weighted by molar-refractivity contribution is -0.132. The Balaban J connectivity index is 1.73. The summed E-state index contributed by atoms with van der Waals surface area (Å²) in [4.78, 5) is 32.5. The Kier molecular flexibility index (Phi) is 5.27. The van der Waals surface area contributed by atoms with E-state index in [1.807, 2.05) is 50.2 Å². The van der Waals surface area contributed by atoms with E-state index >= 15 is 0 Å². The quantitative estimate of drug-likeness (QED) is 0.218. The van der Waals surface area contributed by atoms with Crippen LogP contribution in [0, 0.1) is 13.8 Å². The molecule has 1 aromatic heterocycles. The Morgan fingerprint density at radius 1 is 0.970 bits per heavy atom. The topological polar surface area (TPSA) is 70.5 Å². The number of thiazole rings is 1. The number of amides is 1. The molecule has 3 aromatic carbocycles. The Labute approximate surface area is 199 Å². The molecule has 0 bridgehead atoms. The molecule has 1 fully saturated rings. The van der Waals surface area contributed by atoms with Crippen molar-refractivity contribution in [2.75, 3.05) is 4.90 Å². The van der Waals surface area contributed by atoms with Gasteiger partial charge in [-0.15, -0.1) is 0 Å². The van der Waals surface area contributed by atoms with Gasteiger partial charge in [0.1, 0.15) is 5.76 Å². The number of aromatic nitrogens is 1. The fourth-order valence-corrected chi connectivity index (χ4v) is 5.22. The summed E-state index contributed by atoms with van der Waals surface area (Å²) in [7, 11) is 0. The molecular weight excluding hydrogens is 456 g/mol. The van der Waals surface area contributed by atoms with Crippen molar-refractivity contribution in [2.24, 2.45) is 0 Å². The van der Waals surface area contributed by atoms with Gasteiger partial charge >= 0.3 is 5.91 Å². The van der Waals surface area contributed by atoms with Crippen molar-refractivity contribution in [1.29, 1.82) is 0 Å². The molecule has 5 rings (SSSR count). The van der Waals surface area contributed by atoms with Gasteiger partial charge < -0.3 is 5.11 Å². The van der Waals surface area contributed by atoms with Gasteiger partial charge in [-0.25, -0.2) is 4.98 Å². The molecule has 1 atom stereocenters. The van der Waals surface area contributed by atoms with Crippen LogP contribution < -0.4 is 4.90 Å². The normalized spacial score (nSPS) is 17.8. The maximum absolute atomic E-state index is 13.3. The van der Waals surface area contributed by atoms with E-state index in [0.717, 1.165) is 15.8 Å². The van der Waals surface area contributed by atoms with Gasteiger partial charge in [-0.1, -0.05) is 82.6 Å². The first kappa shape index (κ1) is 21.4. The van der Waals surface area contributed by atoms with E-state index in [2.05, 4.69) is 4.98 Å². The maximum Gasteiger partial charge on any atom is 0.301 e. The third-order valence-electron chi connectivity index (χ3n) is 5.71. The smallest absolute Gasteiger partial charge is 0.301 e. The van der Waals surface area contributed by atoms with Crippen LogP contribution in [0.25, 0.3) is 16.0 Å². The summed E-state index contributed by atoms with van der Waals surface area (Å²) in [6.45, 7) is 3.90. The molecule has 2 heterocycles. The summed E-state index contributed by atoms with van der Waals surface area (Å²) < 4.78 is 0.806. The zero-order valence-corrected chi connectivity index (χ0v) is 19.4. The van der Waals surface area contributed by atoms with E-state index in [4.69, 9.17) is 11.6 Å². The minimum atomic E-state index is -0.803. The molecule has 5 nitrogen and oxygen atoms in total. The van der Waals surface area contributed by atoms with Gasteiger partial charge in [0.15, 0.2) is 5.13 Å². The highest BCUT2D eigenvalue weighted by Gasteiger charge is 2.48. The first-order valence-corrected chi connectivity index (χ1v) is 11.5. The van der Waals surface area contributed by atoms with Crippen LogP contribution >= 0.6 is 22.9 Å². The van der Waals surface area contributed by atoms with E-state index in [1.54, 1.807) is 30.3 Å². The molecule has 0 aliphatic carbocycles. The second-order valence-electron chi connectivity index (χ2n) is 8.05. The van der Waals surface area contributed by atoms with Crippen LogP contribution in [0.5, 0.6) is 0 Å². The van der Waals surface area contributed by atoms with Gasteiger partial charge in [-0.05, 0) is 37.6 Å². The van der Waals surface area contributed by atoms with Gasteiger partial charge in [-0.2, -0.15) is 0 Å². The molecule has 164 valence electrons. The first-order valence-electron chi connectivity index (χ1n) is 10.3. The van der Waals surface area contributed by atoms with Crippen LogP contribution in [0.4, 0.5) is 5.13 Å². The van der Waals surface area contributed by atoms with Crippen LogP contribution in [0.2, 0.25) is 5.02 Å². The maximum atomic E-state index is 13.3. The first-order chi connectivity index (χ1) is 15.8. The molecular formula is C26H19ClN2O3S. The second kappa shape index (κ2) is 8.14. The molecule has 0 spiro atoms. The second-order valence-corrected chi connectivity index (χ2v) is 9.50. The summed E-state index contributed by atoms with van der Waals surface area (Å²) in [5.41, 5.74) is 3.99. The molecule has 1 aliphatic heterocycles. The van der Waals surface area contributed by atoms with E-state index in [-0.39, 0.29) is 11.3 Å². The summed E-state index contributed by atoms with van der Waals surface area (Å²) >= 11 is 7.41. The Hall–Kier alpha value is -3.48. The zero-order valence-electron chi connectivity index (χ0n) is 17.9. The van der Waals surface area contributed by atoms with Gasteiger partial charge in [-0.3, -0.25) is 14.5 Å². The standard InChI is InChI=1S/C26H19ClN2O3S/c1-14-3-7-16(8-4-14)22-21(23(30)17-9-5-15(2)6-10-17)24(31)25(32)29(22)26-28-19-12-11-18(27)13-20(19)33-26/h3-13,22,30H,1-2H3/b23-21+. The summed E-state index contributed by atoms with van der Waals surface area (Å²) in [5, 5.41) is 12.1. The SMILES string of the molecule is Cc1ccc(/C(O)=C2\C(=O)C(=O)N(c3nc4ccc(Cl)cc4s3)C2c2ccc(C)cc2)cc1. The average molecular weight is 475 g/mol. The average Bonchev–Trinajstić information content (AvgIpc) is 3.32. The summed E-state index contributed by atoms with van der Waals surface area (Å²) in [5.74, 6) is -1.67. The lowest BCUT2D eigenvalue weighted by Crippen LogP contribution is -2.29. The summed E-state index contributed by atoms with van der Waals surface area (Å²) in [6, 6.07) is 19.2. The number of rotatable bonds is 3. The van der Waals surface area contributed by atoms with Gasteiger partial charge in [0.05, 0.1) is 21.8 Å². The van der Waals surface area contributed by atoms with E-state index in [9.17, 15) is 14.7 Å². The van der Waals surface area contributed by atoms with Crippen LogP contribution in [-0.4, -0.2) is 21.8 Å². The Morgan fingerprint density at radius 2 is 1.61 bits per heavy atom. The van der Waals surface area contributed by atoms with Crippen LogP contribution in [0.3, 0.4) is 0 Å². The van der Waals surface area contributed by atoms with Crippen molar-refractivity contribution in [2.45, 2.75) is 19.9 Å². The number of hydrogen-bond donors (Lipinski definition) is 1. The number of ketones is 1. The minimum absolute atomic E-state index is 0.0463. The van der Waals surface area contributed by atoms with Crippen molar-refractivity contribution < 1.29 is 14.7 Å². The van der Waals surface area contributed by atoms with Crippen LogP contribution in [-0.2, 0) is 9.59 Å². The Morgan fingerprint density at radius 3 is 2.27 bits per heavy atom. The largest absolute Gasteiger partial charge is 0.507 e. The van der Waals surface area contributed by atoms with Crippen molar-refractivity contribution in [1.82, 2.24) is 4.98 Å². The lowest BCUT2D eigenvalue weighted by atomic mass is 9.94. The number of anilines is 1. The third kappa shape index (κ3) is 3.71. The number of hydrogen-bond acceptors (Lipinski definition) is 5. The number of halogens is 1. The zero-order chi connectivity index (χ0) is 23.3. The Bertz CT molecular complexity index is 1440. The monoisotopic (exact) mass is 474 g/mol. The van der Waals surface area contributed by atoms with E-state index in [1.165, 1.54) is 16.2 Å². The van der Waals surface area contributed by atoms with Crippen molar-refractivity contribution in [3.63, 3.8) is 0 Å². The molecule has 0 saturated carbocycles. The fourth-order valence-electron chi connectivity index (χ4n) is 3.95. The number of carbonyl (C=O) groups is 2. The fraction of sp³-hybridized carbons (Fsp3) is 0.115. The molecule has 0 radical (unpaired) electrons. The molecule has 1 N–H and O–H groups in total. The number of nitrogens with zero attached hydrogens (tertiary/aromatic N) is 2. The lowest BCUT2D eigenvalue weighted by Gasteiger charge is -2.23. The summed E-state index contributed by atoms with van der Waals surface area (Å²) in [6.07, 6.45) is 0. The molecule has 1 saturated heterocycles.